The molecule has 70 heavy (non-hydrogen) atoms. The molecule has 10 heteroatoms. The second kappa shape index (κ2) is 19.9. The summed E-state index contributed by atoms with van der Waals surface area (Å²) in [4.78, 5) is 26.5. The summed E-state index contributed by atoms with van der Waals surface area (Å²) in [6, 6.07) is 9.09. The van der Waals surface area contributed by atoms with Gasteiger partial charge in [0.15, 0.2) is 5.78 Å². The van der Waals surface area contributed by atoms with Gasteiger partial charge in [0.1, 0.15) is 5.60 Å². The van der Waals surface area contributed by atoms with Crippen molar-refractivity contribution < 1.29 is 38.7 Å². The van der Waals surface area contributed by atoms with Crippen molar-refractivity contribution in [1.29, 1.82) is 0 Å². The summed E-state index contributed by atoms with van der Waals surface area (Å²) < 4.78 is 28.3. The van der Waals surface area contributed by atoms with Crippen molar-refractivity contribution in [2.45, 2.75) is 167 Å². The second-order valence-electron chi connectivity index (χ2n) is 24.4. The molecule has 382 valence electrons. The van der Waals surface area contributed by atoms with Gasteiger partial charge in [0, 0.05) is 55.8 Å². The van der Waals surface area contributed by atoms with Crippen LogP contribution in [0.2, 0.25) is 0 Å². The Labute approximate surface area is 419 Å². The van der Waals surface area contributed by atoms with Gasteiger partial charge in [-0.25, -0.2) is 0 Å². The lowest BCUT2D eigenvalue weighted by atomic mass is 9.43. The highest BCUT2D eigenvalue weighted by atomic mass is 31.2. The summed E-state index contributed by atoms with van der Waals surface area (Å²) in [5, 5.41) is 34.0. The van der Waals surface area contributed by atoms with E-state index in [1.54, 1.807) is 12.2 Å². The average molecular weight is 978 g/mol. The van der Waals surface area contributed by atoms with Crippen molar-refractivity contribution in [1.82, 2.24) is 0 Å². The fourth-order valence-electron chi connectivity index (χ4n) is 17.5. The number of aliphatic hydroxyl groups excluding tert-OH is 1. The molecule has 3 N–H and O–H groups in total. The van der Waals surface area contributed by atoms with Crippen LogP contribution in [0.4, 0.5) is 5.69 Å². The third kappa shape index (κ3) is 8.92. The number of aliphatic carboxylic acids is 1. The molecule has 0 heterocycles. The van der Waals surface area contributed by atoms with Crippen molar-refractivity contribution >= 4 is 24.8 Å². The summed E-state index contributed by atoms with van der Waals surface area (Å²) in [5.41, 5.74) is 4.90. The van der Waals surface area contributed by atoms with Crippen LogP contribution in [0.25, 0.3) is 0 Å². The van der Waals surface area contributed by atoms with Crippen LogP contribution in [0.5, 0.6) is 0 Å². The largest absolute Gasteiger partial charge is 0.481 e. The van der Waals surface area contributed by atoms with Crippen LogP contribution in [0.15, 0.2) is 72.4 Å². The molecule has 0 spiro atoms. The van der Waals surface area contributed by atoms with Gasteiger partial charge in [-0.05, 0) is 190 Å². The molecule has 1 aromatic carbocycles. The first kappa shape index (κ1) is 51.6. The number of nitrogens with zero attached hydrogens (tertiary/aromatic N) is 1. The van der Waals surface area contributed by atoms with Gasteiger partial charge in [0.05, 0.1) is 24.9 Å². The first-order valence-electron chi connectivity index (χ1n) is 27.3. The summed E-state index contributed by atoms with van der Waals surface area (Å²) in [6.45, 7) is 20.3. The van der Waals surface area contributed by atoms with E-state index < -0.39 is 25.0 Å². The molecular formula is C60H84NO8P. The Balaban J connectivity index is 0.891. The number of carbonyl (C=O) groups is 2. The van der Waals surface area contributed by atoms with Crippen molar-refractivity contribution in [3.8, 4) is 11.8 Å². The Hall–Kier alpha value is -3.25. The highest BCUT2D eigenvalue weighted by molar-refractivity contribution is 7.59. The highest BCUT2D eigenvalue weighted by Crippen LogP contribution is 2.71. The van der Waals surface area contributed by atoms with Gasteiger partial charge in [-0.1, -0.05) is 63.5 Å². The molecule has 9 nitrogen and oxygen atoms in total. The van der Waals surface area contributed by atoms with Crippen molar-refractivity contribution in [2.24, 2.45) is 63.6 Å². The number of carbonyl (C=O) groups excluding carboxylic acids is 1. The lowest BCUT2D eigenvalue weighted by Crippen LogP contribution is -2.62. The molecule has 0 aliphatic heterocycles. The third-order valence-corrected chi connectivity index (χ3v) is 23.5. The number of aliphatic hydroxyl groups is 2. The zero-order chi connectivity index (χ0) is 50.0. The maximum absolute atomic E-state index is 14.5. The van der Waals surface area contributed by atoms with Gasteiger partial charge in [-0.15, -0.1) is 19.1 Å². The highest BCUT2D eigenvalue weighted by Gasteiger charge is 2.67. The monoisotopic (exact) mass is 978 g/mol. The topological polar surface area (TPSA) is 134 Å². The molecule has 8 aliphatic carbocycles. The van der Waals surface area contributed by atoms with Crippen molar-refractivity contribution in [3.63, 3.8) is 0 Å². The number of ketones is 1. The molecule has 0 bridgehead atoms. The quantitative estimate of drug-likeness (QED) is 0.0841. The lowest BCUT2D eigenvalue weighted by Gasteiger charge is -2.64. The number of carboxylic acid groups (broad SMARTS) is 1. The predicted molar refractivity (Wildman–Crippen MR) is 279 cm³/mol. The maximum Gasteiger partial charge on any atom is 0.303 e. The van der Waals surface area contributed by atoms with Crippen molar-refractivity contribution in [3.05, 3.63) is 77.9 Å². The molecule has 16 atom stereocenters. The predicted octanol–water partition coefficient (Wildman–Crippen LogP) is 11.9. The first-order valence-corrected chi connectivity index (χ1v) is 29.3. The molecule has 0 saturated heterocycles. The zero-order valence-electron chi connectivity index (χ0n) is 43.3. The molecule has 0 aromatic heterocycles. The Kier molecular flexibility index (Phi) is 14.7. The Morgan fingerprint density at radius 3 is 2.41 bits per heavy atom. The average Bonchev–Trinajstić information content (AvgIpc) is 3.81. The van der Waals surface area contributed by atoms with E-state index >= 15 is 0 Å². The molecule has 0 unspecified atom stereocenters. The number of hydrogen-bond donors (Lipinski definition) is 3. The molecule has 1 aromatic rings. The summed E-state index contributed by atoms with van der Waals surface area (Å²) in [6.07, 6.45) is 18.3. The van der Waals surface area contributed by atoms with E-state index in [2.05, 4.69) is 88.9 Å². The number of allylic oxidation sites excluding steroid dienone is 6. The second-order valence-corrected chi connectivity index (χ2v) is 27.0. The SMILES string of the molecule is C=CCP(=O)(CC=C)O[C@@H]1C[C@@H]2C[C@@H](OCCN(C)c3ccc([C@H]4C[C@@]5(C)[C@@H](CC[C@]5(O)C#CC)[C@@H]5CCC6=CC(=O)CCC6=C54)cc3)CC[C@]2(C)[C@H]2C[C@H](O)[C@]3(C)[C@@H]([C@H](C)CCC(=O)O)CC[C@H]3[C@H]12. The third-order valence-electron chi connectivity index (χ3n) is 21.2. The number of hydrogen-bond acceptors (Lipinski definition) is 8. The minimum Gasteiger partial charge on any atom is -0.481 e. The van der Waals surface area contributed by atoms with Crippen LogP contribution in [-0.2, 0) is 23.4 Å². The number of rotatable bonds is 16. The summed E-state index contributed by atoms with van der Waals surface area (Å²) in [5.74, 6) is 8.03. The smallest absolute Gasteiger partial charge is 0.303 e. The number of ether oxygens (including phenoxy) is 1. The van der Waals surface area contributed by atoms with E-state index in [0.29, 0.717) is 62.4 Å². The number of anilines is 1. The van der Waals surface area contributed by atoms with Gasteiger partial charge in [-0.2, -0.15) is 0 Å². The van der Waals surface area contributed by atoms with Crippen LogP contribution >= 0.6 is 7.37 Å². The number of likely N-dealkylation sites (N-methyl/N-ethyl adjacent to an activating group) is 1. The molecule has 0 amide bonds. The van der Waals surface area contributed by atoms with E-state index in [0.717, 1.165) is 82.9 Å². The molecule has 9 rings (SSSR count). The first-order chi connectivity index (χ1) is 33.3. The van der Waals surface area contributed by atoms with Crippen LogP contribution in [0.1, 0.15) is 149 Å². The minimum atomic E-state index is -3.10. The van der Waals surface area contributed by atoms with Crippen LogP contribution in [0, 0.1) is 75.4 Å². The number of benzene rings is 1. The maximum atomic E-state index is 14.5. The van der Waals surface area contributed by atoms with Gasteiger partial charge < -0.3 is 29.5 Å². The Morgan fingerprint density at radius 2 is 1.71 bits per heavy atom. The van der Waals surface area contributed by atoms with Crippen molar-refractivity contribution in [2.75, 3.05) is 37.4 Å². The van der Waals surface area contributed by atoms with Gasteiger partial charge in [0.25, 0.3) is 0 Å². The van der Waals surface area contributed by atoms with Crippen LogP contribution in [-0.4, -0.2) is 83.5 Å². The number of fused-ring (bicyclic) bond motifs is 9. The summed E-state index contributed by atoms with van der Waals surface area (Å²) in [7, 11) is -0.958. The molecule has 8 aliphatic rings. The molecular weight excluding hydrogens is 894 g/mol. The minimum absolute atomic E-state index is 0.0175. The Morgan fingerprint density at radius 1 is 0.971 bits per heavy atom. The fourth-order valence-corrected chi connectivity index (χ4v) is 19.4. The molecule has 6 saturated carbocycles. The number of carboxylic acids is 1. The Bertz CT molecular complexity index is 2350. The zero-order valence-corrected chi connectivity index (χ0v) is 44.2. The normalized spacial score (nSPS) is 40.2. The van der Waals surface area contributed by atoms with E-state index in [4.69, 9.17) is 9.26 Å². The van der Waals surface area contributed by atoms with E-state index in [9.17, 15) is 29.5 Å². The molecule has 6 fully saturated rings. The molecule has 0 radical (unpaired) electrons. The van der Waals surface area contributed by atoms with Gasteiger partial charge in [0.2, 0.25) is 7.37 Å². The van der Waals surface area contributed by atoms with Crippen LogP contribution in [0.3, 0.4) is 0 Å². The van der Waals surface area contributed by atoms with E-state index in [-0.39, 0.29) is 76.2 Å². The van der Waals surface area contributed by atoms with Gasteiger partial charge in [-0.3, -0.25) is 14.2 Å². The van der Waals surface area contributed by atoms with Gasteiger partial charge >= 0.3 is 5.97 Å². The lowest BCUT2D eigenvalue weighted by molar-refractivity contribution is -0.204. The fraction of sp³-hybridized carbons (Fsp3) is 0.700. The standard InChI is InChI=1S/C60H84NO8P/c1-9-26-60(66)28-25-49-46-19-15-40-33-43(62)18-20-45(40)55(46)47(37-58(49,60)6)39-13-16-42(17-14-39)61(8)29-30-68-44-24-27-57(5)41(34-44)35-52(69-70(67,31-10-2)32-11-3)56-50-22-21-48(38(4)12-23-54(64)65)59(50,7)53(63)36-51(56)57/h10-11,13-14,16-17,33,38,41,44,46-53,56,63,66H,2-3,12,15,18-25,27-32,34-37H2,1,4-8H3,(H,64,65)/t38-,41+,44+,46+,47-,48-,49+,50+,51+,52-,53+,56+,57+,58+,59-,60-/m1/s1. The van der Waals surface area contributed by atoms with E-state index in [1.165, 1.54) is 22.3 Å². The van der Waals surface area contributed by atoms with E-state index in [1.807, 2.05) is 13.0 Å². The van der Waals surface area contributed by atoms with Crippen LogP contribution < -0.4 is 4.90 Å². The summed E-state index contributed by atoms with van der Waals surface area (Å²) >= 11 is 0.